The van der Waals surface area contributed by atoms with E-state index < -0.39 is 0 Å². The maximum absolute atomic E-state index is 5.69. The lowest BCUT2D eigenvalue weighted by Gasteiger charge is -1.98. The second-order valence-electron chi connectivity index (χ2n) is 2.80. The minimum absolute atomic E-state index is 0.296. The molecule has 0 aliphatic heterocycles. The van der Waals surface area contributed by atoms with E-state index in [2.05, 4.69) is 25.4 Å². The Hall–Kier alpha value is -2.18. The van der Waals surface area contributed by atoms with Crippen LogP contribution >= 0.6 is 0 Å². The van der Waals surface area contributed by atoms with Gasteiger partial charge in [-0.1, -0.05) is 0 Å². The molecule has 0 aliphatic rings. The van der Waals surface area contributed by atoms with Gasteiger partial charge in [-0.25, -0.2) is 9.97 Å². The number of rotatable bonds is 3. The number of nitrogen functional groups attached to an aromatic ring is 1. The quantitative estimate of drug-likeness (QED) is 0.736. The van der Waals surface area contributed by atoms with Crippen LogP contribution in [0.2, 0.25) is 0 Å². The Balaban J connectivity index is 2.36. The highest BCUT2D eigenvalue weighted by atomic mass is 15.4. The van der Waals surface area contributed by atoms with Crippen LogP contribution in [-0.4, -0.2) is 31.3 Å². The molecule has 0 aromatic carbocycles. The maximum atomic E-state index is 5.69. The molecular formula is C8H11N7. The monoisotopic (exact) mass is 205 g/mol. The third-order valence-corrected chi connectivity index (χ3v) is 1.75. The van der Waals surface area contributed by atoms with E-state index in [1.54, 1.807) is 12.3 Å². The van der Waals surface area contributed by atoms with Crippen LogP contribution in [0.4, 0.5) is 11.9 Å². The minimum atomic E-state index is 0.296. The van der Waals surface area contributed by atoms with Gasteiger partial charge in [0.05, 0.1) is 0 Å². The van der Waals surface area contributed by atoms with E-state index in [4.69, 9.17) is 5.73 Å². The van der Waals surface area contributed by atoms with Crippen molar-refractivity contribution in [2.45, 2.75) is 6.92 Å². The summed E-state index contributed by atoms with van der Waals surface area (Å²) in [7, 11) is 0. The first-order chi connectivity index (χ1) is 7.31. The van der Waals surface area contributed by atoms with Crippen molar-refractivity contribution in [1.29, 1.82) is 0 Å². The first-order valence-electron chi connectivity index (χ1n) is 4.54. The predicted octanol–water partition coefficient (Wildman–Crippen LogP) is 0.0713. The fourth-order valence-corrected chi connectivity index (χ4v) is 1.13. The molecule has 0 fully saturated rings. The third-order valence-electron chi connectivity index (χ3n) is 1.75. The number of hydrogen-bond acceptors (Lipinski definition) is 6. The van der Waals surface area contributed by atoms with Crippen LogP contribution < -0.4 is 11.1 Å². The molecule has 0 aliphatic carbocycles. The summed E-state index contributed by atoms with van der Waals surface area (Å²) in [6.07, 6.45) is 3.06. The summed E-state index contributed by atoms with van der Waals surface area (Å²) in [5.74, 6) is 1.39. The van der Waals surface area contributed by atoms with E-state index >= 15 is 0 Å². The lowest BCUT2D eigenvalue weighted by Crippen LogP contribution is -2.04. The van der Waals surface area contributed by atoms with Crippen molar-refractivity contribution in [2.75, 3.05) is 17.6 Å². The molecule has 0 unspecified atom stereocenters. The molecule has 2 rings (SSSR count). The largest absolute Gasteiger partial charge is 0.368 e. The van der Waals surface area contributed by atoms with E-state index in [1.165, 1.54) is 11.0 Å². The van der Waals surface area contributed by atoms with Crippen molar-refractivity contribution in [3.8, 4) is 5.82 Å². The van der Waals surface area contributed by atoms with Gasteiger partial charge in [0.25, 0.3) is 0 Å². The van der Waals surface area contributed by atoms with Crippen LogP contribution in [0.1, 0.15) is 6.92 Å². The summed E-state index contributed by atoms with van der Waals surface area (Å²) < 4.78 is 1.46. The van der Waals surface area contributed by atoms with Crippen molar-refractivity contribution >= 4 is 11.9 Å². The number of nitrogens with two attached hydrogens (primary N) is 1. The predicted molar refractivity (Wildman–Crippen MR) is 55.5 cm³/mol. The first kappa shape index (κ1) is 9.38. The maximum Gasteiger partial charge on any atom is 0.244 e. The number of aromatic nitrogens is 5. The zero-order valence-electron chi connectivity index (χ0n) is 8.25. The highest BCUT2D eigenvalue weighted by Gasteiger charge is 2.08. The van der Waals surface area contributed by atoms with Crippen LogP contribution in [0.25, 0.3) is 5.82 Å². The fraction of sp³-hybridized carbons (Fsp3) is 0.250. The van der Waals surface area contributed by atoms with Gasteiger partial charge in [0.2, 0.25) is 11.9 Å². The lowest BCUT2D eigenvalue weighted by molar-refractivity contribution is 0.848. The fourth-order valence-electron chi connectivity index (χ4n) is 1.13. The number of anilines is 2. The Bertz CT molecular complexity index is 436. The smallest absolute Gasteiger partial charge is 0.244 e. The number of nitrogens with one attached hydrogen (secondary N) is 1. The number of nitrogens with zero attached hydrogens (tertiary/aromatic N) is 5. The van der Waals surface area contributed by atoms with Gasteiger partial charge in [-0.3, -0.25) is 0 Å². The van der Waals surface area contributed by atoms with Gasteiger partial charge in [0.15, 0.2) is 5.82 Å². The van der Waals surface area contributed by atoms with E-state index in [9.17, 15) is 0 Å². The first-order valence-corrected chi connectivity index (χ1v) is 4.54. The molecule has 78 valence electrons. The zero-order chi connectivity index (χ0) is 10.7. The van der Waals surface area contributed by atoms with Gasteiger partial charge in [-0.05, 0) is 6.92 Å². The van der Waals surface area contributed by atoms with Gasteiger partial charge in [0, 0.05) is 18.8 Å². The summed E-state index contributed by atoms with van der Waals surface area (Å²) in [5, 5.41) is 7.12. The van der Waals surface area contributed by atoms with Gasteiger partial charge in [-0.2, -0.15) is 9.67 Å². The summed E-state index contributed by atoms with van der Waals surface area (Å²) in [4.78, 5) is 11.9. The average molecular weight is 205 g/mol. The Kier molecular flexibility index (Phi) is 2.44. The van der Waals surface area contributed by atoms with Gasteiger partial charge >= 0.3 is 0 Å². The van der Waals surface area contributed by atoms with Crippen LogP contribution in [0.5, 0.6) is 0 Å². The standard InChI is InChI=1S/C8H11N7/c1-2-11-8-13-7(9)15(14-8)6-3-4-10-5-12-6/h3-5H,2H2,1H3,(H3,9,11,13,14). The van der Waals surface area contributed by atoms with Crippen LogP contribution in [-0.2, 0) is 0 Å². The molecule has 2 heterocycles. The molecule has 7 nitrogen and oxygen atoms in total. The molecule has 0 saturated heterocycles. The van der Waals surface area contributed by atoms with Crippen molar-refractivity contribution < 1.29 is 0 Å². The van der Waals surface area contributed by atoms with Crippen molar-refractivity contribution in [2.24, 2.45) is 0 Å². The molecule has 0 radical (unpaired) electrons. The second-order valence-corrected chi connectivity index (χ2v) is 2.80. The molecule has 2 aromatic rings. The normalized spacial score (nSPS) is 10.2. The molecule has 2 aromatic heterocycles. The molecule has 7 heteroatoms. The molecule has 0 amide bonds. The molecule has 0 spiro atoms. The van der Waals surface area contributed by atoms with Gasteiger partial charge < -0.3 is 11.1 Å². The summed E-state index contributed by atoms with van der Waals surface area (Å²) in [5.41, 5.74) is 5.69. The van der Waals surface area contributed by atoms with Crippen molar-refractivity contribution in [1.82, 2.24) is 24.7 Å². The summed E-state index contributed by atoms with van der Waals surface area (Å²) in [6.45, 7) is 2.70. The van der Waals surface area contributed by atoms with Crippen LogP contribution in [0, 0.1) is 0 Å². The Morgan fingerprint density at radius 1 is 1.53 bits per heavy atom. The molecule has 0 saturated carbocycles. The zero-order valence-corrected chi connectivity index (χ0v) is 8.25. The van der Waals surface area contributed by atoms with E-state index in [0.29, 0.717) is 17.7 Å². The summed E-state index contributed by atoms with van der Waals surface area (Å²) in [6, 6.07) is 1.71. The average Bonchev–Trinajstić information content (AvgIpc) is 2.61. The van der Waals surface area contributed by atoms with E-state index in [1.807, 2.05) is 6.92 Å². The van der Waals surface area contributed by atoms with E-state index in [0.717, 1.165) is 6.54 Å². The topological polar surface area (TPSA) is 94.5 Å². The Labute approximate surface area is 86.4 Å². The van der Waals surface area contributed by atoms with Gasteiger partial charge in [0.1, 0.15) is 6.33 Å². The third kappa shape index (κ3) is 1.85. The van der Waals surface area contributed by atoms with Crippen molar-refractivity contribution in [3.05, 3.63) is 18.6 Å². The Morgan fingerprint density at radius 3 is 3.07 bits per heavy atom. The highest BCUT2D eigenvalue weighted by molar-refractivity contribution is 5.37. The molecule has 3 N–H and O–H groups in total. The van der Waals surface area contributed by atoms with Crippen LogP contribution in [0.3, 0.4) is 0 Å². The SMILES string of the molecule is CCNc1nc(N)n(-c2ccncn2)n1. The van der Waals surface area contributed by atoms with E-state index in [-0.39, 0.29) is 0 Å². The van der Waals surface area contributed by atoms with Crippen molar-refractivity contribution in [3.63, 3.8) is 0 Å². The number of hydrogen-bond donors (Lipinski definition) is 2. The second kappa shape index (κ2) is 3.91. The van der Waals surface area contributed by atoms with Crippen LogP contribution in [0.15, 0.2) is 18.6 Å². The Morgan fingerprint density at radius 2 is 2.40 bits per heavy atom. The summed E-state index contributed by atoms with van der Waals surface area (Å²) >= 11 is 0. The lowest BCUT2D eigenvalue weighted by atomic mass is 10.6. The molecule has 0 atom stereocenters. The molecular weight excluding hydrogens is 194 g/mol. The minimum Gasteiger partial charge on any atom is -0.368 e. The molecule has 15 heavy (non-hydrogen) atoms. The highest BCUT2D eigenvalue weighted by Crippen LogP contribution is 2.09. The molecule has 0 bridgehead atoms. The van der Waals surface area contributed by atoms with Gasteiger partial charge in [-0.15, -0.1) is 5.10 Å².